The molecule has 3 aromatic carbocycles. The number of hydrogen-bond acceptors (Lipinski definition) is 8. The maximum absolute atomic E-state index is 13.0. The fourth-order valence-electron chi connectivity index (χ4n) is 2.95. The Hall–Kier alpha value is -4.66. The van der Waals surface area contributed by atoms with E-state index in [0.29, 0.717) is 11.0 Å². The van der Waals surface area contributed by atoms with E-state index in [0.717, 1.165) is 23.0 Å². The third-order valence-corrected chi connectivity index (χ3v) is 4.44. The number of ketones is 1. The summed E-state index contributed by atoms with van der Waals surface area (Å²) in [7, 11) is 0. The highest BCUT2D eigenvalue weighted by Gasteiger charge is 2.22. The Kier molecular flexibility index (Phi) is 4.84. The summed E-state index contributed by atoms with van der Waals surface area (Å²) in [6.45, 7) is 3.28. The van der Waals surface area contributed by atoms with Crippen molar-refractivity contribution in [2.45, 2.75) is 0 Å². The van der Waals surface area contributed by atoms with Crippen molar-refractivity contribution in [3.8, 4) is 28.7 Å². The molecule has 0 atom stereocenters. The number of nitrogens with zero attached hydrogens (tertiary/aromatic N) is 3. The van der Waals surface area contributed by atoms with E-state index in [9.17, 15) is 24.9 Å². The van der Waals surface area contributed by atoms with Gasteiger partial charge in [-0.1, -0.05) is 18.7 Å². The molecule has 0 aliphatic rings. The molecule has 0 aliphatic heterocycles. The molecule has 4 rings (SSSR count). The lowest BCUT2D eigenvalue weighted by Gasteiger charge is -2.10. The highest BCUT2D eigenvalue weighted by molar-refractivity contribution is 6.12. The van der Waals surface area contributed by atoms with Gasteiger partial charge < -0.3 is 20.1 Å². The van der Waals surface area contributed by atoms with Crippen LogP contribution in [0.25, 0.3) is 16.7 Å². The molecule has 0 aliphatic carbocycles. The fourth-order valence-corrected chi connectivity index (χ4v) is 2.95. The number of carbonyl (C=O) groups is 2. The van der Waals surface area contributed by atoms with Crippen LogP contribution in [0.3, 0.4) is 0 Å². The number of aromatic nitrogens is 3. The summed E-state index contributed by atoms with van der Waals surface area (Å²) < 4.78 is 4.90. The molecule has 0 unspecified atom stereocenters. The molecule has 9 heteroatoms. The second kappa shape index (κ2) is 7.64. The number of carbonyl (C=O) groups excluding carboxylic acids is 2. The van der Waals surface area contributed by atoms with Crippen LogP contribution in [0.1, 0.15) is 15.9 Å². The van der Waals surface area contributed by atoms with E-state index < -0.39 is 23.3 Å². The number of ether oxygens (including phenoxy) is 1. The Balaban J connectivity index is 1.74. The van der Waals surface area contributed by atoms with Gasteiger partial charge in [0.2, 0.25) is 5.78 Å². The van der Waals surface area contributed by atoms with E-state index in [2.05, 4.69) is 16.8 Å². The Morgan fingerprint density at radius 2 is 1.52 bits per heavy atom. The van der Waals surface area contributed by atoms with Gasteiger partial charge in [-0.05, 0) is 30.3 Å². The Bertz CT molecular complexity index is 1330. The minimum absolute atomic E-state index is 0.0157. The molecule has 31 heavy (non-hydrogen) atoms. The number of rotatable bonds is 5. The third-order valence-electron chi connectivity index (χ3n) is 4.44. The van der Waals surface area contributed by atoms with Crippen molar-refractivity contribution in [1.29, 1.82) is 0 Å². The molecule has 0 radical (unpaired) electrons. The van der Waals surface area contributed by atoms with Crippen LogP contribution < -0.4 is 4.74 Å². The summed E-state index contributed by atoms with van der Waals surface area (Å²) >= 11 is 0. The predicted octanol–water partition coefficient (Wildman–Crippen LogP) is 2.86. The molecule has 0 spiro atoms. The minimum atomic E-state index is -0.727. The van der Waals surface area contributed by atoms with Crippen molar-refractivity contribution in [3.63, 3.8) is 0 Å². The summed E-state index contributed by atoms with van der Waals surface area (Å²) in [6, 6.07) is 12.9. The Labute approximate surface area is 175 Å². The van der Waals surface area contributed by atoms with Crippen molar-refractivity contribution in [1.82, 2.24) is 15.0 Å². The first-order valence-electron chi connectivity index (χ1n) is 8.98. The number of phenolic OH excluding ortho intramolecular Hbond substituents is 3. The standard InChI is InChI=1S/C22H15N3O6/c1-2-21(29)31-12-7-8-13(18(26)9-12)22(30)14-10-17(20(28)11-19(14)27)25-23-15-5-3-4-6-16(15)24-25/h2-11,26-28H,1H2. The van der Waals surface area contributed by atoms with Gasteiger partial charge in [0.1, 0.15) is 39.7 Å². The number of benzene rings is 3. The molecule has 9 nitrogen and oxygen atoms in total. The van der Waals surface area contributed by atoms with Crippen LogP contribution in [0.4, 0.5) is 0 Å². The maximum atomic E-state index is 13.0. The monoisotopic (exact) mass is 417 g/mol. The summed E-state index contributed by atoms with van der Waals surface area (Å²) in [6.07, 6.45) is 0.957. The normalized spacial score (nSPS) is 10.7. The lowest BCUT2D eigenvalue weighted by Crippen LogP contribution is -2.07. The van der Waals surface area contributed by atoms with Crippen LogP contribution in [0, 0.1) is 0 Å². The van der Waals surface area contributed by atoms with Gasteiger partial charge in [0.15, 0.2) is 0 Å². The second-order valence-electron chi connectivity index (χ2n) is 6.47. The molecular weight excluding hydrogens is 402 g/mol. The van der Waals surface area contributed by atoms with E-state index in [-0.39, 0.29) is 28.3 Å². The zero-order chi connectivity index (χ0) is 22.1. The largest absolute Gasteiger partial charge is 0.507 e. The summed E-state index contributed by atoms with van der Waals surface area (Å²) in [4.78, 5) is 25.4. The average Bonchev–Trinajstić information content (AvgIpc) is 3.17. The topological polar surface area (TPSA) is 135 Å². The molecule has 154 valence electrons. The van der Waals surface area contributed by atoms with Crippen LogP contribution in [0.5, 0.6) is 23.0 Å². The number of phenols is 3. The lowest BCUT2D eigenvalue weighted by atomic mass is 10.0. The van der Waals surface area contributed by atoms with Crippen molar-refractivity contribution in [2.75, 3.05) is 0 Å². The van der Waals surface area contributed by atoms with Gasteiger partial charge >= 0.3 is 5.97 Å². The lowest BCUT2D eigenvalue weighted by molar-refractivity contribution is -0.128. The van der Waals surface area contributed by atoms with Crippen molar-refractivity contribution in [3.05, 3.63) is 78.4 Å². The van der Waals surface area contributed by atoms with Gasteiger partial charge in [-0.15, -0.1) is 15.0 Å². The van der Waals surface area contributed by atoms with Crippen LogP contribution in [0.2, 0.25) is 0 Å². The molecule has 4 aromatic rings. The van der Waals surface area contributed by atoms with Gasteiger partial charge in [0, 0.05) is 18.2 Å². The first-order valence-corrected chi connectivity index (χ1v) is 8.98. The highest BCUT2D eigenvalue weighted by Crippen LogP contribution is 2.34. The van der Waals surface area contributed by atoms with E-state index in [1.54, 1.807) is 24.3 Å². The van der Waals surface area contributed by atoms with Crippen LogP contribution in [-0.2, 0) is 4.79 Å². The zero-order valence-electron chi connectivity index (χ0n) is 15.9. The third kappa shape index (κ3) is 3.67. The molecule has 1 heterocycles. The maximum Gasteiger partial charge on any atom is 0.335 e. The molecule has 1 aromatic heterocycles. The average molecular weight is 417 g/mol. The highest BCUT2D eigenvalue weighted by atomic mass is 16.5. The number of aromatic hydroxyl groups is 3. The van der Waals surface area contributed by atoms with Gasteiger partial charge in [-0.25, -0.2) is 4.79 Å². The number of fused-ring (bicyclic) bond motifs is 1. The van der Waals surface area contributed by atoms with Crippen molar-refractivity contribution >= 4 is 22.8 Å². The van der Waals surface area contributed by atoms with Gasteiger partial charge in [0.25, 0.3) is 0 Å². The van der Waals surface area contributed by atoms with Gasteiger partial charge in [0.05, 0.1) is 11.1 Å². The van der Waals surface area contributed by atoms with Crippen molar-refractivity contribution in [2.24, 2.45) is 0 Å². The number of hydrogen-bond donors (Lipinski definition) is 3. The van der Waals surface area contributed by atoms with E-state index in [1.807, 2.05) is 0 Å². The van der Waals surface area contributed by atoms with Crippen LogP contribution >= 0.6 is 0 Å². The molecule has 3 N–H and O–H groups in total. The van der Waals surface area contributed by atoms with Crippen LogP contribution in [-0.4, -0.2) is 42.1 Å². The molecule has 0 saturated carbocycles. The number of esters is 1. The predicted molar refractivity (Wildman–Crippen MR) is 110 cm³/mol. The smallest absolute Gasteiger partial charge is 0.335 e. The summed E-state index contributed by atoms with van der Waals surface area (Å²) in [5.74, 6) is -2.74. The molecular formula is C22H15N3O6. The molecule has 0 saturated heterocycles. The van der Waals surface area contributed by atoms with Gasteiger partial charge in [-0.3, -0.25) is 4.79 Å². The Morgan fingerprint density at radius 3 is 2.13 bits per heavy atom. The molecule has 0 bridgehead atoms. The zero-order valence-corrected chi connectivity index (χ0v) is 15.9. The van der Waals surface area contributed by atoms with E-state index >= 15 is 0 Å². The Morgan fingerprint density at radius 1 is 0.871 bits per heavy atom. The quantitative estimate of drug-likeness (QED) is 0.195. The second-order valence-corrected chi connectivity index (χ2v) is 6.47. The van der Waals surface area contributed by atoms with E-state index in [1.165, 1.54) is 18.2 Å². The first kappa shape index (κ1) is 19.6. The molecule has 0 fully saturated rings. The summed E-state index contributed by atoms with van der Waals surface area (Å²) in [5, 5.41) is 39.3. The minimum Gasteiger partial charge on any atom is -0.507 e. The van der Waals surface area contributed by atoms with Crippen LogP contribution in [0.15, 0.2) is 67.3 Å². The fraction of sp³-hybridized carbons (Fsp3) is 0. The molecule has 0 amide bonds. The van der Waals surface area contributed by atoms with E-state index in [4.69, 9.17) is 4.74 Å². The van der Waals surface area contributed by atoms with Crippen molar-refractivity contribution < 1.29 is 29.6 Å². The SMILES string of the molecule is C=CC(=O)Oc1ccc(C(=O)c2cc(-n3nc4ccccc4n3)c(O)cc2O)c(O)c1. The first-order chi connectivity index (χ1) is 14.9. The summed E-state index contributed by atoms with van der Waals surface area (Å²) in [5.41, 5.74) is 0.868. The van der Waals surface area contributed by atoms with Gasteiger partial charge in [-0.2, -0.15) is 0 Å².